The van der Waals surface area contributed by atoms with Crippen molar-refractivity contribution in [3.05, 3.63) is 70.0 Å². The number of carbonyl (C=O) groups excluding carboxylic acids is 2. The van der Waals surface area contributed by atoms with Gasteiger partial charge in [0.2, 0.25) is 0 Å². The van der Waals surface area contributed by atoms with Gasteiger partial charge in [0.05, 0.1) is 11.3 Å². The van der Waals surface area contributed by atoms with Crippen LogP contribution in [0.15, 0.2) is 36.5 Å². The second-order valence-corrected chi connectivity index (χ2v) is 6.81. The Labute approximate surface area is 176 Å². The summed E-state index contributed by atoms with van der Waals surface area (Å²) in [6.45, 7) is 3.59. The van der Waals surface area contributed by atoms with Crippen molar-refractivity contribution in [2.24, 2.45) is 0 Å². The minimum atomic E-state index is -0.647. The number of anilines is 3. The molecule has 3 aromatic rings. The molecule has 0 aliphatic heterocycles. The van der Waals surface area contributed by atoms with E-state index in [1.54, 1.807) is 13.0 Å². The van der Waals surface area contributed by atoms with Crippen LogP contribution in [-0.2, 0) is 0 Å². The van der Waals surface area contributed by atoms with E-state index in [4.69, 9.17) is 11.6 Å². The third kappa shape index (κ3) is 5.06. The zero-order valence-corrected chi connectivity index (χ0v) is 17.1. The third-order valence-corrected chi connectivity index (χ3v) is 4.19. The van der Waals surface area contributed by atoms with Gasteiger partial charge in [0, 0.05) is 41.7 Å². The molecule has 1 aromatic carbocycles. The van der Waals surface area contributed by atoms with Crippen LogP contribution in [-0.4, -0.2) is 33.8 Å². The summed E-state index contributed by atoms with van der Waals surface area (Å²) in [6.07, 6.45) is 1.32. The molecule has 0 aliphatic rings. The number of carbonyl (C=O) groups is 2. The minimum absolute atomic E-state index is 0.0104. The highest BCUT2D eigenvalue weighted by Gasteiger charge is 2.16. The first-order chi connectivity index (χ1) is 14.2. The van der Waals surface area contributed by atoms with Crippen molar-refractivity contribution in [1.82, 2.24) is 20.3 Å². The van der Waals surface area contributed by atoms with Crippen LogP contribution in [0.25, 0.3) is 0 Å². The van der Waals surface area contributed by atoms with Gasteiger partial charge in [-0.25, -0.2) is 19.3 Å². The first-order valence-corrected chi connectivity index (χ1v) is 9.22. The first kappa shape index (κ1) is 21.1. The lowest BCUT2D eigenvalue weighted by Crippen LogP contribution is -2.22. The highest BCUT2D eigenvalue weighted by atomic mass is 35.5. The van der Waals surface area contributed by atoms with Crippen LogP contribution in [0.5, 0.6) is 0 Å². The summed E-state index contributed by atoms with van der Waals surface area (Å²) in [5, 5.41) is 8.19. The van der Waals surface area contributed by atoms with E-state index in [0.29, 0.717) is 17.5 Å². The normalized spacial score (nSPS) is 10.4. The summed E-state index contributed by atoms with van der Waals surface area (Å²) < 4.78 is 13.6. The van der Waals surface area contributed by atoms with E-state index in [9.17, 15) is 14.0 Å². The second kappa shape index (κ2) is 8.83. The van der Waals surface area contributed by atoms with Crippen LogP contribution < -0.4 is 16.0 Å². The van der Waals surface area contributed by atoms with Gasteiger partial charge in [-0.05, 0) is 32.0 Å². The number of benzene rings is 1. The summed E-state index contributed by atoms with van der Waals surface area (Å²) >= 11 is 5.83. The molecular weight excluding hydrogens is 411 g/mol. The van der Waals surface area contributed by atoms with Gasteiger partial charge in [-0.1, -0.05) is 11.6 Å². The van der Waals surface area contributed by atoms with Crippen molar-refractivity contribution in [2.75, 3.05) is 17.7 Å². The summed E-state index contributed by atoms with van der Waals surface area (Å²) in [4.78, 5) is 37.5. The van der Waals surface area contributed by atoms with Crippen LogP contribution in [0.2, 0.25) is 5.02 Å². The third-order valence-electron chi connectivity index (χ3n) is 3.97. The number of nitrogens with one attached hydrogen (secondary N) is 3. The Hall–Kier alpha value is -3.59. The van der Waals surface area contributed by atoms with Gasteiger partial charge in [0.1, 0.15) is 23.3 Å². The van der Waals surface area contributed by atoms with E-state index in [-0.39, 0.29) is 21.8 Å². The van der Waals surface area contributed by atoms with Gasteiger partial charge < -0.3 is 16.0 Å². The Morgan fingerprint density at radius 3 is 2.43 bits per heavy atom. The summed E-state index contributed by atoms with van der Waals surface area (Å²) in [7, 11) is 1.46. The van der Waals surface area contributed by atoms with Crippen molar-refractivity contribution < 1.29 is 14.0 Å². The molecule has 0 radical (unpaired) electrons. The van der Waals surface area contributed by atoms with Crippen molar-refractivity contribution in [3.8, 4) is 0 Å². The smallest absolute Gasteiger partial charge is 0.255 e. The molecule has 2 heterocycles. The molecule has 0 atom stereocenters. The standard InChI is InChI=1S/C20H18ClFN6O2/c1-10-4-18(26-11(2)25-10)28-17-8-16(15(9-24-17)20(30)23-3)27-19(29)12-5-13(21)7-14(22)6-12/h4-9H,1-3H3,(H,23,30)(H2,24,25,26,27,28,29). The summed E-state index contributed by atoms with van der Waals surface area (Å²) in [6, 6.07) is 6.68. The Kier molecular flexibility index (Phi) is 6.22. The zero-order chi connectivity index (χ0) is 21.8. The number of pyridine rings is 1. The summed E-state index contributed by atoms with van der Waals surface area (Å²) in [5.41, 5.74) is 1.09. The highest BCUT2D eigenvalue weighted by molar-refractivity contribution is 6.31. The molecule has 0 unspecified atom stereocenters. The fraction of sp³-hybridized carbons (Fsp3) is 0.150. The van der Waals surface area contributed by atoms with Crippen LogP contribution in [0.1, 0.15) is 32.2 Å². The quantitative estimate of drug-likeness (QED) is 0.572. The highest BCUT2D eigenvalue weighted by Crippen LogP contribution is 2.23. The predicted molar refractivity (Wildman–Crippen MR) is 112 cm³/mol. The molecule has 2 aromatic heterocycles. The van der Waals surface area contributed by atoms with Crippen LogP contribution >= 0.6 is 11.6 Å². The van der Waals surface area contributed by atoms with E-state index in [2.05, 4.69) is 30.9 Å². The Bertz CT molecular complexity index is 1100. The molecule has 154 valence electrons. The number of nitrogens with zero attached hydrogens (tertiary/aromatic N) is 3. The number of hydrogen-bond acceptors (Lipinski definition) is 6. The molecule has 2 amide bonds. The van der Waals surface area contributed by atoms with E-state index < -0.39 is 17.6 Å². The molecule has 30 heavy (non-hydrogen) atoms. The van der Waals surface area contributed by atoms with Gasteiger partial charge in [0.25, 0.3) is 11.8 Å². The largest absolute Gasteiger partial charge is 0.355 e. The van der Waals surface area contributed by atoms with Crippen molar-refractivity contribution in [2.45, 2.75) is 13.8 Å². The Morgan fingerprint density at radius 2 is 1.77 bits per heavy atom. The number of amides is 2. The SMILES string of the molecule is CNC(=O)c1cnc(Nc2cc(C)nc(C)n2)cc1NC(=O)c1cc(F)cc(Cl)c1. The number of aryl methyl sites for hydroxylation is 2. The number of halogens is 2. The lowest BCUT2D eigenvalue weighted by atomic mass is 10.1. The van der Waals surface area contributed by atoms with Crippen LogP contribution in [0, 0.1) is 19.7 Å². The Morgan fingerprint density at radius 1 is 1.00 bits per heavy atom. The maximum atomic E-state index is 13.6. The minimum Gasteiger partial charge on any atom is -0.355 e. The van der Waals surface area contributed by atoms with Gasteiger partial charge in [0.15, 0.2) is 0 Å². The fourth-order valence-electron chi connectivity index (χ4n) is 2.73. The van der Waals surface area contributed by atoms with Crippen molar-refractivity contribution in [1.29, 1.82) is 0 Å². The average molecular weight is 429 g/mol. The lowest BCUT2D eigenvalue weighted by molar-refractivity contribution is 0.0963. The lowest BCUT2D eigenvalue weighted by Gasteiger charge is -2.13. The Balaban J connectivity index is 1.94. The predicted octanol–water partition coefficient (Wildman–Crippen LogP) is 3.64. The number of rotatable bonds is 5. The maximum absolute atomic E-state index is 13.6. The molecule has 3 N–H and O–H groups in total. The molecule has 0 saturated carbocycles. The summed E-state index contributed by atoms with van der Waals surface area (Å²) in [5.74, 6) is -0.299. The van der Waals surface area contributed by atoms with Gasteiger partial charge in [-0.2, -0.15) is 0 Å². The molecule has 0 saturated heterocycles. The molecule has 3 rings (SSSR count). The average Bonchev–Trinajstić information content (AvgIpc) is 2.66. The molecule has 10 heteroatoms. The van der Waals surface area contributed by atoms with Gasteiger partial charge in [-0.3, -0.25) is 9.59 Å². The zero-order valence-electron chi connectivity index (χ0n) is 16.4. The van der Waals surface area contributed by atoms with Crippen LogP contribution in [0.3, 0.4) is 0 Å². The molecule has 0 aliphatic carbocycles. The molecule has 8 nitrogen and oxygen atoms in total. The topological polar surface area (TPSA) is 109 Å². The first-order valence-electron chi connectivity index (χ1n) is 8.84. The molecule has 0 fully saturated rings. The van der Waals surface area contributed by atoms with Crippen LogP contribution in [0.4, 0.5) is 21.7 Å². The monoisotopic (exact) mass is 428 g/mol. The van der Waals surface area contributed by atoms with Crippen molar-refractivity contribution >= 4 is 40.7 Å². The number of hydrogen-bond donors (Lipinski definition) is 3. The molecule has 0 spiro atoms. The van der Waals surface area contributed by atoms with E-state index >= 15 is 0 Å². The fourth-order valence-corrected chi connectivity index (χ4v) is 2.96. The van der Waals surface area contributed by atoms with E-state index in [1.807, 2.05) is 6.92 Å². The molecular formula is C20H18ClFN6O2. The van der Waals surface area contributed by atoms with E-state index in [1.165, 1.54) is 25.4 Å². The van der Waals surface area contributed by atoms with Gasteiger partial charge in [-0.15, -0.1) is 0 Å². The van der Waals surface area contributed by atoms with Gasteiger partial charge >= 0.3 is 0 Å². The maximum Gasteiger partial charge on any atom is 0.255 e. The molecule has 0 bridgehead atoms. The number of aromatic nitrogens is 3. The van der Waals surface area contributed by atoms with E-state index in [0.717, 1.165) is 17.8 Å². The second-order valence-electron chi connectivity index (χ2n) is 6.37. The van der Waals surface area contributed by atoms with Crippen molar-refractivity contribution in [3.63, 3.8) is 0 Å².